The molecule has 1 N–H and O–H groups in total. The number of carbonyl (C=O) groups is 1. The van der Waals surface area contributed by atoms with Crippen LogP contribution in [0.25, 0.3) is 0 Å². The summed E-state index contributed by atoms with van der Waals surface area (Å²) < 4.78 is 0. The van der Waals surface area contributed by atoms with Gasteiger partial charge in [0.2, 0.25) is 0 Å². The molecule has 0 aliphatic carbocycles. The molecule has 2 nitrogen and oxygen atoms in total. The Morgan fingerprint density at radius 1 is 1.25 bits per heavy atom. The molecule has 1 aromatic carbocycles. The average molecular weight is 217 g/mol. The van der Waals surface area contributed by atoms with E-state index in [9.17, 15) is 4.79 Å². The van der Waals surface area contributed by atoms with Crippen molar-refractivity contribution in [2.45, 2.75) is 26.3 Å². The lowest BCUT2D eigenvalue weighted by molar-refractivity contribution is -0.118. The Hall–Kier alpha value is -1.41. The van der Waals surface area contributed by atoms with Crippen LogP contribution in [0.2, 0.25) is 0 Å². The van der Waals surface area contributed by atoms with Gasteiger partial charge in [0.1, 0.15) is 5.78 Å². The molecule has 0 aliphatic rings. The zero-order chi connectivity index (χ0) is 11.8. The molecule has 86 valence electrons. The molecular formula is C14H19NO. The SMILES string of the molecule is C=C(C)CCC(=O)CNCc1ccccc1. The van der Waals surface area contributed by atoms with Crippen molar-refractivity contribution in [2.24, 2.45) is 0 Å². The predicted octanol–water partition coefficient (Wildman–Crippen LogP) is 2.70. The topological polar surface area (TPSA) is 29.1 Å². The van der Waals surface area contributed by atoms with Crippen molar-refractivity contribution in [3.8, 4) is 0 Å². The fourth-order valence-corrected chi connectivity index (χ4v) is 1.38. The highest BCUT2D eigenvalue weighted by Crippen LogP contribution is 2.01. The first kappa shape index (κ1) is 12.7. The molecule has 16 heavy (non-hydrogen) atoms. The minimum Gasteiger partial charge on any atom is -0.306 e. The second kappa shape index (κ2) is 6.96. The minimum absolute atomic E-state index is 0.249. The summed E-state index contributed by atoms with van der Waals surface area (Å²) in [7, 11) is 0. The third kappa shape index (κ3) is 5.47. The lowest BCUT2D eigenvalue weighted by atomic mass is 10.1. The maximum absolute atomic E-state index is 11.4. The van der Waals surface area contributed by atoms with Crippen molar-refractivity contribution >= 4 is 5.78 Å². The van der Waals surface area contributed by atoms with Crippen LogP contribution in [0.1, 0.15) is 25.3 Å². The molecule has 1 aromatic rings. The van der Waals surface area contributed by atoms with Gasteiger partial charge in [-0.1, -0.05) is 35.9 Å². The molecule has 1 rings (SSSR count). The summed E-state index contributed by atoms with van der Waals surface area (Å²) in [4.78, 5) is 11.4. The zero-order valence-electron chi connectivity index (χ0n) is 9.83. The van der Waals surface area contributed by atoms with E-state index in [0.29, 0.717) is 13.0 Å². The van der Waals surface area contributed by atoms with E-state index in [4.69, 9.17) is 0 Å². The average Bonchev–Trinajstić information content (AvgIpc) is 2.28. The third-order valence-electron chi connectivity index (χ3n) is 2.32. The Labute approximate surface area is 97.4 Å². The van der Waals surface area contributed by atoms with Crippen LogP contribution in [0.3, 0.4) is 0 Å². The highest BCUT2D eigenvalue weighted by Gasteiger charge is 2.01. The van der Waals surface area contributed by atoms with Crippen LogP contribution in [0.5, 0.6) is 0 Å². The Morgan fingerprint density at radius 3 is 2.56 bits per heavy atom. The van der Waals surface area contributed by atoms with Gasteiger partial charge in [-0.3, -0.25) is 4.79 Å². The highest BCUT2D eigenvalue weighted by molar-refractivity contribution is 5.80. The van der Waals surface area contributed by atoms with Crippen LogP contribution in [0.4, 0.5) is 0 Å². The van der Waals surface area contributed by atoms with Gasteiger partial charge in [0, 0.05) is 13.0 Å². The van der Waals surface area contributed by atoms with E-state index in [1.165, 1.54) is 5.56 Å². The van der Waals surface area contributed by atoms with Crippen molar-refractivity contribution in [3.05, 3.63) is 48.0 Å². The minimum atomic E-state index is 0.249. The van der Waals surface area contributed by atoms with E-state index >= 15 is 0 Å². The Balaban J connectivity index is 2.16. The van der Waals surface area contributed by atoms with Crippen LogP contribution >= 0.6 is 0 Å². The number of rotatable bonds is 7. The largest absolute Gasteiger partial charge is 0.306 e. The lowest BCUT2D eigenvalue weighted by Gasteiger charge is -2.04. The number of hydrogen-bond acceptors (Lipinski definition) is 2. The first-order valence-corrected chi connectivity index (χ1v) is 5.59. The van der Waals surface area contributed by atoms with E-state index < -0.39 is 0 Å². The van der Waals surface area contributed by atoms with Gasteiger partial charge in [-0.15, -0.1) is 6.58 Å². The summed E-state index contributed by atoms with van der Waals surface area (Å²) >= 11 is 0. The van der Waals surface area contributed by atoms with Gasteiger partial charge in [-0.25, -0.2) is 0 Å². The van der Waals surface area contributed by atoms with E-state index in [-0.39, 0.29) is 5.78 Å². The molecule has 0 unspecified atom stereocenters. The molecule has 0 saturated carbocycles. The molecule has 0 spiro atoms. The predicted molar refractivity (Wildman–Crippen MR) is 67.2 cm³/mol. The van der Waals surface area contributed by atoms with Gasteiger partial charge in [0.05, 0.1) is 6.54 Å². The van der Waals surface area contributed by atoms with Gasteiger partial charge >= 0.3 is 0 Å². The Kier molecular flexibility index (Phi) is 5.51. The van der Waals surface area contributed by atoms with E-state index in [1.807, 2.05) is 37.3 Å². The molecule has 0 atom stereocenters. The second-order valence-corrected chi connectivity index (χ2v) is 4.08. The number of Topliss-reactive ketones (excluding diaryl/α,β-unsaturated/α-hetero) is 1. The van der Waals surface area contributed by atoms with Crippen molar-refractivity contribution in [2.75, 3.05) is 6.54 Å². The smallest absolute Gasteiger partial charge is 0.146 e. The Bertz CT molecular complexity index is 343. The molecule has 0 bridgehead atoms. The number of allylic oxidation sites excluding steroid dienone is 1. The van der Waals surface area contributed by atoms with Crippen molar-refractivity contribution in [3.63, 3.8) is 0 Å². The van der Waals surface area contributed by atoms with Crippen molar-refractivity contribution in [1.29, 1.82) is 0 Å². The lowest BCUT2D eigenvalue weighted by Crippen LogP contribution is -2.22. The van der Waals surface area contributed by atoms with Crippen LogP contribution in [-0.4, -0.2) is 12.3 Å². The van der Waals surface area contributed by atoms with Crippen molar-refractivity contribution in [1.82, 2.24) is 5.32 Å². The number of ketones is 1. The molecule has 0 saturated heterocycles. The maximum Gasteiger partial charge on any atom is 0.146 e. The summed E-state index contributed by atoms with van der Waals surface area (Å²) in [5, 5.41) is 3.15. The molecule has 0 aliphatic heterocycles. The van der Waals surface area contributed by atoms with Gasteiger partial charge in [0.15, 0.2) is 0 Å². The van der Waals surface area contributed by atoms with Gasteiger partial charge in [0.25, 0.3) is 0 Å². The Morgan fingerprint density at radius 2 is 1.94 bits per heavy atom. The molecule has 2 heteroatoms. The number of hydrogen-bond donors (Lipinski definition) is 1. The second-order valence-electron chi connectivity index (χ2n) is 4.08. The number of carbonyl (C=O) groups excluding carboxylic acids is 1. The van der Waals surface area contributed by atoms with Crippen LogP contribution < -0.4 is 5.32 Å². The first-order chi connectivity index (χ1) is 7.68. The monoisotopic (exact) mass is 217 g/mol. The van der Waals surface area contributed by atoms with E-state index in [2.05, 4.69) is 11.9 Å². The van der Waals surface area contributed by atoms with Gasteiger partial charge in [-0.05, 0) is 18.9 Å². The summed E-state index contributed by atoms with van der Waals surface area (Å²) in [6.07, 6.45) is 1.39. The quantitative estimate of drug-likeness (QED) is 0.711. The number of benzene rings is 1. The van der Waals surface area contributed by atoms with E-state index in [0.717, 1.165) is 18.5 Å². The van der Waals surface area contributed by atoms with Gasteiger partial charge < -0.3 is 5.32 Å². The third-order valence-corrected chi connectivity index (χ3v) is 2.32. The fourth-order valence-electron chi connectivity index (χ4n) is 1.38. The molecule has 0 aromatic heterocycles. The standard InChI is InChI=1S/C14H19NO/c1-12(2)8-9-14(16)11-15-10-13-6-4-3-5-7-13/h3-7,15H,1,8-11H2,2H3. The normalized spacial score (nSPS) is 10.1. The van der Waals surface area contributed by atoms with Crippen LogP contribution in [0.15, 0.2) is 42.5 Å². The van der Waals surface area contributed by atoms with E-state index in [1.54, 1.807) is 0 Å². The molecule has 0 radical (unpaired) electrons. The first-order valence-electron chi connectivity index (χ1n) is 5.59. The van der Waals surface area contributed by atoms with Crippen molar-refractivity contribution < 1.29 is 4.79 Å². The fraction of sp³-hybridized carbons (Fsp3) is 0.357. The molecule has 0 heterocycles. The zero-order valence-corrected chi connectivity index (χ0v) is 9.83. The molecule has 0 amide bonds. The summed E-state index contributed by atoms with van der Waals surface area (Å²) in [5.41, 5.74) is 2.27. The van der Waals surface area contributed by atoms with Crippen LogP contribution in [0, 0.1) is 0 Å². The summed E-state index contributed by atoms with van der Waals surface area (Å²) in [6.45, 7) is 6.93. The molecular weight excluding hydrogens is 198 g/mol. The van der Waals surface area contributed by atoms with Crippen LogP contribution in [-0.2, 0) is 11.3 Å². The van der Waals surface area contributed by atoms with Gasteiger partial charge in [-0.2, -0.15) is 0 Å². The maximum atomic E-state index is 11.4. The number of nitrogens with one attached hydrogen (secondary N) is 1. The summed E-state index contributed by atoms with van der Waals surface area (Å²) in [6, 6.07) is 10.1. The summed E-state index contributed by atoms with van der Waals surface area (Å²) in [5.74, 6) is 0.249. The molecule has 0 fully saturated rings. The highest BCUT2D eigenvalue weighted by atomic mass is 16.1.